The Morgan fingerprint density at radius 3 is 2.53 bits per heavy atom. The smallest absolute Gasteiger partial charge is 0.222 e. The average molecular weight is 257 g/mol. The van der Waals surface area contributed by atoms with Gasteiger partial charge in [-0.3, -0.25) is 0 Å². The zero-order chi connectivity index (χ0) is 13.1. The molecular formula is C15H19N3O. The van der Waals surface area contributed by atoms with Crippen LogP contribution in [-0.2, 0) is 6.42 Å². The molecular weight excluding hydrogens is 238 g/mol. The highest BCUT2D eigenvalue weighted by Crippen LogP contribution is 2.20. The summed E-state index contributed by atoms with van der Waals surface area (Å²) in [6, 6.07) is 10.2. The third-order valence-electron chi connectivity index (χ3n) is 3.69. The summed E-state index contributed by atoms with van der Waals surface area (Å²) in [4.78, 5) is 2.53. The maximum absolute atomic E-state index is 5.53. The second kappa shape index (κ2) is 5.45. The summed E-state index contributed by atoms with van der Waals surface area (Å²) >= 11 is 0. The van der Waals surface area contributed by atoms with Gasteiger partial charge >= 0.3 is 0 Å². The van der Waals surface area contributed by atoms with E-state index < -0.39 is 0 Å². The van der Waals surface area contributed by atoms with Crippen LogP contribution in [0.5, 0.6) is 0 Å². The van der Waals surface area contributed by atoms with Gasteiger partial charge in [0.1, 0.15) is 5.69 Å². The number of nitrogen functional groups attached to an aromatic ring is 1. The van der Waals surface area contributed by atoms with Crippen molar-refractivity contribution in [2.24, 2.45) is 0 Å². The lowest BCUT2D eigenvalue weighted by Crippen LogP contribution is -2.21. The normalized spacial score (nSPS) is 16.0. The predicted molar refractivity (Wildman–Crippen MR) is 75.7 cm³/mol. The molecule has 19 heavy (non-hydrogen) atoms. The summed E-state index contributed by atoms with van der Waals surface area (Å²) in [5, 5.41) is 3.92. The first kappa shape index (κ1) is 12.2. The van der Waals surface area contributed by atoms with Crippen LogP contribution in [0.1, 0.15) is 18.4 Å². The van der Waals surface area contributed by atoms with E-state index in [9.17, 15) is 0 Å². The average Bonchev–Trinajstić information content (AvgIpc) is 3.08. The van der Waals surface area contributed by atoms with Crippen LogP contribution < -0.4 is 5.73 Å². The van der Waals surface area contributed by atoms with Crippen LogP contribution in [0.4, 0.5) is 5.88 Å². The summed E-state index contributed by atoms with van der Waals surface area (Å²) in [5.41, 5.74) is 8.74. The molecule has 1 aromatic heterocycles. The van der Waals surface area contributed by atoms with Gasteiger partial charge in [0.2, 0.25) is 5.88 Å². The van der Waals surface area contributed by atoms with Gasteiger partial charge in [-0.25, -0.2) is 0 Å². The quantitative estimate of drug-likeness (QED) is 0.914. The molecule has 1 fully saturated rings. The lowest BCUT2D eigenvalue weighted by Gasteiger charge is -2.14. The van der Waals surface area contributed by atoms with Crippen molar-refractivity contribution in [1.82, 2.24) is 10.1 Å². The number of likely N-dealkylation sites (tertiary alicyclic amines) is 1. The van der Waals surface area contributed by atoms with E-state index in [1.165, 1.54) is 31.5 Å². The van der Waals surface area contributed by atoms with E-state index in [4.69, 9.17) is 10.3 Å². The van der Waals surface area contributed by atoms with Crippen LogP contribution in [0.3, 0.4) is 0 Å². The summed E-state index contributed by atoms with van der Waals surface area (Å²) in [5.74, 6) is 0.355. The minimum absolute atomic E-state index is 0.355. The molecule has 2 aromatic rings. The fourth-order valence-corrected chi connectivity index (χ4v) is 2.56. The fraction of sp³-hybridized carbons (Fsp3) is 0.400. The SMILES string of the molecule is Nc1cc(-c2ccc(CCN3CCCC3)cc2)no1. The van der Waals surface area contributed by atoms with Crippen molar-refractivity contribution in [2.75, 3.05) is 25.4 Å². The lowest BCUT2D eigenvalue weighted by atomic mass is 10.1. The Kier molecular flexibility index (Phi) is 3.51. The zero-order valence-electron chi connectivity index (χ0n) is 11.0. The molecule has 4 nitrogen and oxygen atoms in total. The third-order valence-corrected chi connectivity index (χ3v) is 3.69. The second-order valence-corrected chi connectivity index (χ2v) is 5.11. The maximum atomic E-state index is 5.53. The van der Waals surface area contributed by atoms with E-state index in [-0.39, 0.29) is 0 Å². The summed E-state index contributed by atoms with van der Waals surface area (Å²) in [6.07, 6.45) is 3.82. The highest BCUT2D eigenvalue weighted by Gasteiger charge is 2.11. The first-order chi connectivity index (χ1) is 9.31. The molecule has 0 atom stereocenters. The molecule has 0 aliphatic carbocycles. The van der Waals surface area contributed by atoms with Crippen LogP contribution in [0.25, 0.3) is 11.3 Å². The first-order valence-electron chi connectivity index (χ1n) is 6.85. The second-order valence-electron chi connectivity index (χ2n) is 5.11. The van der Waals surface area contributed by atoms with Crippen LogP contribution in [-0.4, -0.2) is 29.7 Å². The highest BCUT2D eigenvalue weighted by atomic mass is 16.5. The maximum Gasteiger partial charge on any atom is 0.222 e. The Morgan fingerprint density at radius 2 is 1.89 bits per heavy atom. The summed E-state index contributed by atoms with van der Waals surface area (Å²) in [6.45, 7) is 3.68. The molecule has 0 radical (unpaired) electrons. The summed E-state index contributed by atoms with van der Waals surface area (Å²) < 4.78 is 4.89. The van der Waals surface area contributed by atoms with Gasteiger partial charge < -0.3 is 15.2 Å². The van der Waals surface area contributed by atoms with Crippen molar-refractivity contribution >= 4 is 5.88 Å². The number of aromatic nitrogens is 1. The molecule has 2 N–H and O–H groups in total. The van der Waals surface area contributed by atoms with Crippen LogP contribution in [0.15, 0.2) is 34.9 Å². The van der Waals surface area contributed by atoms with Crippen molar-refractivity contribution in [2.45, 2.75) is 19.3 Å². The standard InChI is InChI=1S/C15H19N3O/c16-15-11-14(17-19-15)13-5-3-12(4-6-13)7-10-18-8-1-2-9-18/h3-6,11H,1-2,7-10,16H2. The number of hydrogen-bond donors (Lipinski definition) is 1. The van der Waals surface area contributed by atoms with Crippen molar-refractivity contribution in [3.8, 4) is 11.3 Å². The Morgan fingerprint density at radius 1 is 1.16 bits per heavy atom. The number of nitrogens with two attached hydrogens (primary N) is 1. The largest absolute Gasteiger partial charge is 0.368 e. The Hall–Kier alpha value is -1.81. The van der Waals surface area contributed by atoms with E-state index in [0.717, 1.165) is 24.2 Å². The molecule has 4 heteroatoms. The molecule has 1 saturated heterocycles. The molecule has 0 saturated carbocycles. The number of nitrogens with zero attached hydrogens (tertiary/aromatic N) is 2. The van der Waals surface area contributed by atoms with Gasteiger partial charge in [-0.15, -0.1) is 0 Å². The molecule has 1 aliphatic heterocycles. The van der Waals surface area contributed by atoms with Gasteiger partial charge in [0.05, 0.1) is 0 Å². The lowest BCUT2D eigenvalue weighted by molar-refractivity contribution is 0.343. The topological polar surface area (TPSA) is 55.3 Å². The molecule has 100 valence electrons. The highest BCUT2D eigenvalue weighted by molar-refractivity contribution is 5.61. The number of rotatable bonds is 4. The Labute approximate surface area is 113 Å². The van der Waals surface area contributed by atoms with E-state index >= 15 is 0 Å². The van der Waals surface area contributed by atoms with Gasteiger partial charge in [0, 0.05) is 18.2 Å². The monoisotopic (exact) mass is 257 g/mol. The Bertz CT molecular complexity index is 527. The zero-order valence-corrected chi connectivity index (χ0v) is 11.0. The number of hydrogen-bond acceptors (Lipinski definition) is 4. The number of anilines is 1. The predicted octanol–water partition coefficient (Wildman–Crippen LogP) is 2.56. The molecule has 1 aliphatic rings. The minimum atomic E-state index is 0.355. The van der Waals surface area contributed by atoms with Crippen molar-refractivity contribution in [3.63, 3.8) is 0 Å². The van der Waals surface area contributed by atoms with Gasteiger partial charge in [-0.2, -0.15) is 0 Å². The van der Waals surface area contributed by atoms with Gasteiger partial charge in [-0.1, -0.05) is 29.4 Å². The van der Waals surface area contributed by atoms with Gasteiger partial charge in [0.15, 0.2) is 0 Å². The van der Waals surface area contributed by atoms with Crippen molar-refractivity contribution < 1.29 is 4.52 Å². The minimum Gasteiger partial charge on any atom is -0.368 e. The molecule has 0 amide bonds. The molecule has 0 bridgehead atoms. The van der Waals surface area contributed by atoms with Crippen molar-refractivity contribution in [3.05, 3.63) is 35.9 Å². The third kappa shape index (κ3) is 2.96. The fourth-order valence-electron chi connectivity index (χ4n) is 2.56. The summed E-state index contributed by atoms with van der Waals surface area (Å²) in [7, 11) is 0. The van der Waals surface area contributed by atoms with E-state index in [1.54, 1.807) is 6.07 Å². The molecule has 3 rings (SSSR count). The van der Waals surface area contributed by atoms with E-state index in [1.807, 2.05) is 0 Å². The van der Waals surface area contributed by atoms with Gasteiger partial charge in [-0.05, 0) is 37.9 Å². The van der Waals surface area contributed by atoms with E-state index in [0.29, 0.717) is 5.88 Å². The number of benzene rings is 1. The van der Waals surface area contributed by atoms with Crippen molar-refractivity contribution in [1.29, 1.82) is 0 Å². The van der Waals surface area contributed by atoms with Crippen LogP contribution in [0, 0.1) is 0 Å². The Balaban J connectivity index is 1.62. The molecule has 2 heterocycles. The molecule has 0 unspecified atom stereocenters. The first-order valence-corrected chi connectivity index (χ1v) is 6.85. The van der Waals surface area contributed by atoms with Crippen LogP contribution in [0.2, 0.25) is 0 Å². The van der Waals surface area contributed by atoms with E-state index in [2.05, 4.69) is 34.3 Å². The molecule has 1 aromatic carbocycles. The van der Waals surface area contributed by atoms with Gasteiger partial charge in [0.25, 0.3) is 0 Å². The molecule has 0 spiro atoms. The van der Waals surface area contributed by atoms with Crippen LogP contribution >= 0.6 is 0 Å².